The number of pyridine rings is 1. The van der Waals surface area contributed by atoms with Crippen molar-refractivity contribution in [3.63, 3.8) is 0 Å². The summed E-state index contributed by atoms with van der Waals surface area (Å²) in [4.78, 5) is 17.7. The van der Waals surface area contributed by atoms with Gasteiger partial charge in [0.1, 0.15) is 5.82 Å². The number of carbonyl (C=O) groups excluding carboxylic acids is 1. The van der Waals surface area contributed by atoms with Gasteiger partial charge < -0.3 is 20.1 Å². The van der Waals surface area contributed by atoms with Crippen molar-refractivity contribution in [3.05, 3.63) is 23.9 Å². The molecule has 23 heavy (non-hydrogen) atoms. The largest absolute Gasteiger partial charge is 0.465 e. The van der Waals surface area contributed by atoms with Crippen LogP contribution in [0.25, 0.3) is 0 Å². The minimum atomic E-state index is -0.348. The van der Waals surface area contributed by atoms with Gasteiger partial charge in [-0.05, 0) is 24.5 Å². The molecule has 2 N–H and O–H groups in total. The topological polar surface area (TPSA) is 74.7 Å². The first-order valence-corrected chi connectivity index (χ1v) is 8.23. The zero-order valence-electron chi connectivity index (χ0n) is 14.4. The third-order valence-corrected chi connectivity index (χ3v) is 3.70. The van der Waals surface area contributed by atoms with Crippen molar-refractivity contribution in [1.29, 1.82) is 0 Å². The van der Waals surface area contributed by atoms with Gasteiger partial charge in [0, 0.05) is 39.0 Å². The third kappa shape index (κ3) is 6.97. The summed E-state index contributed by atoms with van der Waals surface area (Å²) >= 11 is 0. The van der Waals surface area contributed by atoms with Crippen LogP contribution in [0.3, 0.4) is 0 Å². The van der Waals surface area contributed by atoms with E-state index >= 15 is 0 Å². The maximum atomic E-state index is 11.2. The van der Waals surface area contributed by atoms with Crippen LogP contribution in [-0.2, 0) is 4.74 Å². The fourth-order valence-electron chi connectivity index (χ4n) is 2.29. The summed E-state index contributed by atoms with van der Waals surface area (Å²) in [6, 6.07) is 3.60. The molecule has 1 aliphatic heterocycles. The Morgan fingerprint density at radius 2 is 2.13 bits per heavy atom. The summed E-state index contributed by atoms with van der Waals surface area (Å²) in [6.45, 7) is 8.37. The lowest BCUT2D eigenvalue weighted by atomic mass is 10.1. The Bertz CT molecular complexity index is 445. The highest BCUT2D eigenvalue weighted by atomic mass is 16.5. The summed E-state index contributed by atoms with van der Waals surface area (Å²) in [5.74, 6) is 1.07. The minimum absolute atomic E-state index is 0.341. The number of aromatic nitrogens is 1. The summed E-state index contributed by atoms with van der Waals surface area (Å²) in [6.07, 6.45) is 3.89. The van der Waals surface area contributed by atoms with E-state index in [9.17, 15) is 4.79 Å². The van der Waals surface area contributed by atoms with Gasteiger partial charge in [0.15, 0.2) is 0 Å². The normalized spacial score (nSPS) is 15.4. The average molecular weight is 323 g/mol. The van der Waals surface area contributed by atoms with E-state index in [1.54, 1.807) is 12.3 Å². The van der Waals surface area contributed by atoms with E-state index in [4.69, 9.17) is 5.11 Å². The molecule has 1 saturated heterocycles. The van der Waals surface area contributed by atoms with Crippen LogP contribution in [0, 0.1) is 5.92 Å². The SMILES string of the molecule is CCCC(C)CO.COC(=O)c1ccc(N2CCNCC2)nc1. The third-order valence-electron chi connectivity index (χ3n) is 3.70. The van der Waals surface area contributed by atoms with Gasteiger partial charge in [-0.15, -0.1) is 0 Å². The van der Waals surface area contributed by atoms with Crippen LogP contribution in [0.1, 0.15) is 37.0 Å². The Kier molecular flexibility index (Phi) is 9.24. The number of aliphatic hydroxyl groups is 1. The number of nitrogens with zero attached hydrogens (tertiary/aromatic N) is 2. The average Bonchev–Trinajstić information content (AvgIpc) is 2.62. The molecule has 0 saturated carbocycles. The molecule has 1 fully saturated rings. The first-order valence-electron chi connectivity index (χ1n) is 8.23. The molecular formula is C17H29N3O3. The molecule has 0 aliphatic carbocycles. The number of carbonyl (C=O) groups is 1. The van der Waals surface area contributed by atoms with Gasteiger partial charge in [-0.25, -0.2) is 9.78 Å². The molecule has 0 amide bonds. The van der Waals surface area contributed by atoms with Gasteiger partial charge in [-0.1, -0.05) is 20.3 Å². The molecule has 0 spiro atoms. The highest BCUT2D eigenvalue weighted by molar-refractivity contribution is 5.89. The molecule has 2 heterocycles. The molecule has 1 aromatic rings. The quantitative estimate of drug-likeness (QED) is 0.803. The summed E-state index contributed by atoms with van der Waals surface area (Å²) in [7, 11) is 1.37. The van der Waals surface area contributed by atoms with Crippen molar-refractivity contribution in [2.75, 3.05) is 44.8 Å². The second kappa shape index (κ2) is 11.0. The van der Waals surface area contributed by atoms with Crippen LogP contribution in [0.15, 0.2) is 18.3 Å². The lowest BCUT2D eigenvalue weighted by Crippen LogP contribution is -2.43. The Balaban J connectivity index is 0.000000322. The molecule has 130 valence electrons. The van der Waals surface area contributed by atoms with E-state index in [1.165, 1.54) is 13.5 Å². The van der Waals surface area contributed by atoms with E-state index in [0.29, 0.717) is 18.1 Å². The number of piperazine rings is 1. The number of rotatable bonds is 5. The van der Waals surface area contributed by atoms with Crippen LogP contribution in [-0.4, -0.2) is 56.0 Å². The number of hydrogen-bond donors (Lipinski definition) is 2. The highest BCUT2D eigenvalue weighted by Crippen LogP contribution is 2.12. The van der Waals surface area contributed by atoms with Crippen molar-refractivity contribution in [2.24, 2.45) is 5.92 Å². The van der Waals surface area contributed by atoms with Crippen LogP contribution in [0.5, 0.6) is 0 Å². The van der Waals surface area contributed by atoms with Gasteiger partial charge in [0.05, 0.1) is 12.7 Å². The fourth-order valence-corrected chi connectivity index (χ4v) is 2.29. The molecule has 1 aliphatic rings. The number of anilines is 1. The maximum absolute atomic E-state index is 11.2. The molecule has 0 bridgehead atoms. The summed E-state index contributed by atoms with van der Waals surface area (Å²) in [5, 5.41) is 11.7. The van der Waals surface area contributed by atoms with E-state index in [0.717, 1.165) is 38.4 Å². The first-order chi connectivity index (χ1) is 11.1. The number of aliphatic hydroxyl groups excluding tert-OH is 1. The Morgan fingerprint density at radius 3 is 2.57 bits per heavy atom. The Morgan fingerprint density at radius 1 is 1.43 bits per heavy atom. The number of esters is 1. The second-order valence-corrected chi connectivity index (χ2v) is 5.71. The van der Waals surface area contributed by atoms with E-state index in [1.807, 2.05) is 6.07 Å². The number of ether oxygens (including phenoxy) is 1. The van der Waals surface area contributed by atoms with Crippen molar-refractivity contribution in [2.45, 2.75) is 26.7 Å². The molecular weight excluding hydrogens is 294 g/mol. The smallest absolute Gasteiger partial charge is 0.339 e. The van der Waals surface area contributed by atoms with E-state index in [-0.39, 0.29) is 5.97 Å². The van der Waals surface area contributed by atoms with Crippen molar-refractivity contribution < 1.29 is 14.6 Å². The highest BCUT2D eigenvalue weighted by Gasteiger charge is 2.12. The Hall–Kier alpha value is -1.66. The zero-order chi connectivity index (χ0) is 17.1. The predicted molar refractivity (Wildman–Crippen MR) is 91.8 cm³/mol. The van der Waals surface area contributed by atoms with Crippen molar-refractivity contribution in [1.82, 2.24) is 10.3 Å². The number of methoxy groups -OCH3 is 1. The summed E-state index contributed by atoms with van der Waals surface area (Å²) < 4.78 is 4.62. The van der Waals surface area contributed by atoms with Crippen LogP contribution in [0.2, 0.25) is 0 Å². The van der Waals surface area contributed by atoms with E-state index < -0.39 is 0 Å². The molecule has 2 rings (SSSR count). The number of nitrogens with one attached hydrogen (secondary N) is 1. The van der Waals surface area contributed by atoms with Crippen LogP contribution < -0.4 is 10.2 Å². The van der Waals surface area contributed by atoms with Crippen molar-refractivity contribution in [3.8, 4) is 0 Å². The van der Waals surface area contributed by atoms with Gasteiger partial charge in [-0.3, -0.25) is 0 Å². The first kappa shape index (κ1) is 19.4. The van der Waals surface area contributed by atoms with Crippen molar-refractivity contribution >= 4 is 11.8 Å². The van der Waals surface area contributed by atoms with Crippen LogP contribution >= 0.6 is 0 Å². The molecule has 6 nitrogen and oxygen atoms in total. The van der Waals surface area contributed by atoms with Gasteiger partial charge in [-0.2, -0.15) is 0 Å². The standard InChI is InChI=1S/C11H15N3O2.C6H14O/c1-16-11(15)9-2-3-10(13-8-9)14-6-4-12-5-7-14;1-3-4-6(2)5-7/h2-3,8,12H,4-7H2,1H3;6-7H,3-5H2,1-2H3. The minimum Gasteiger partial charge on any atom is -0.465 e. The zero-order valence-corrected chi connectivity index (χ0v) is 14.4. The number of hydrogen-bond acceptors (Lipinski definition) is 6. The molecule has 1 aromatic heterocycles. The second-order valence-electron chi connectivity index (χ2n) is 5.71. The maximum Gasteiger partial charge on any atom is 0.339 e. The molecule has 1 atom stereocenters. The lowest BCUT2D eigenvalue weighted by molar-refractivity contribution is 0.0600. The van der Waals surface area contributed by atoms with Crippen LogP contribution in [0.4, 0.5) is 5.82 Å². The van der Waals surface area contributed by atoms with Gasteiger partial charge in [0.25, 0.3) is 0 Å². The lowest BCUT2D eigenvalue weighted by Gasteiger charge is -2.28. The fraction of sp³-hybridized carbons (Fsp3) is 0.647. The van der Waals surface area contributed by atoms with Gasteiger partial charge in [0.2, 0.25) is 0 Å². The molecule has 0 aromatic carbocycles. The summed E-state index contributed by atoms with van der Waals surface area (Å²) in [5.41, 5.74) is 0.487. The predicted octanol–water partition coefficient (Wildman–Crippen LogP) is 1.69. The van der Waals surface area contributed by atoms with Gasteiger partial charge >= 0.3 is 5.97 Å². The monoisotopic (exact) mass is 323 g/mol. The molecule has 6 heteroatoms. The molecule has 0 radical (unpaired) electrons. The molecule has 1 unspecified atom stereocenters. The van der Waals surface area contributed by atoms with E-state index in [2.05, 4.69) is 33.8 Å². The Labute approximate surface area is 138 Å².